The fraction of sp³-hybridized carbons (Fsp3) is 0.304. The van der Waals surface area contributed by atoms with E-state index < -0.39 is 0 Å². The highest BCUT2D eigenvalue weighted by atomic mass is 35.5. The molecule has 0 aliphatic rings. The van der Waals surface area contributed by atoms with Crippen molar-refractivity contribution in [3.63, 3.8) is 0 Å². The molecule has 6 nitrogen and oxygen atoms in total. The minimum atomic E-state index is -0.203. The van der Waals surface area contributed by atoms with Crippen LogP contribution in [0.1, 0.15) is 39.7 Å². The van der Waals surface area contributed by atoms with E-state index in [1.807, 2.05) is 39.0 Å². The summed E-state index contributed by atoms with van der Waals surface area (Å²) < 4.78 is 13.2. The van der Waals surface area contributed by atoms with Gasteiger partial charge in [-0.15, -0.1) is 0 Å². The third-order valence-corrected chi connectivity index (χ3v) is 5.20. The Morgan fingerprint density at radius 3 is 2.70 bits per heavy atom. The van der Waals surface area contributed by atoms with Gasteiger partial charge in [0, 0.05) is 17.7 Å². The number of nitrogens with zero attached hydrogens (tertiary/aromatic N) is 2. The van der Waals surface area contributed by atoms with Gasteiger partial charge in [0.25, 0.3) is 5.91 Å². The number of halogens is 1. The average Bonchev–Trinajstić information content (AvgIpc) is 3.11. The van der Waals surface area contributed by atoms with Gasteiger partial charge in [0.15, 0.2) is 0 Å². The molecule has 0 aliphatic heterocycles. The number of amides is 1. The first-order chi connectivity index (χ1) is 14.4. The molecule has 1 aromatic heterocycles. The smallest absolute Gasteiger partial charge is 0.251 e. The molecule has 3 aromatic rings. The van der Waals surface area contributed by atoms with Crippen LogP contribution in [0.4, 0.5) is 0 Å². The largest absolute Gasteiger partial charge is 0.496 e. The first kappa shape index (κ1) is 21.7. The monoisotopic (exact) mass is 427 g/mol. The summed E-state index contributed by atoms with van der Waals surface area (Å²) >= 11 is 6.17. The summed E-state index contributed by atoms with van der Waals surface area (Å²) in [6.45, 7) is 7.27. The van der Waals surface area contributed by atoms with Gasteiger partial charge in [-0.2, -0.15) is 5.10 Å². The molecular weight excluding hydrogens is 402 g/mol. The number of methoxy groups -OCH3 is 1. The molecule has 1 N–H and O–H groups in total. The lowest BCUT2D eigenvalue weighted by atomic mass is 10.1. The van der Waals surface area contributed by atoms with E-state index in [9.17, 15) is 4.79 Å². The second kappa shape index (κ2) is 9.67. The third-order valence-electron chi connectivity index (χ3n) is 4.88. The van der Waals surface area contributed by atoms with Gasteiger partial charge in [-0.3, -0.25) is 9.48 Å². The van der Waals surface area contributed by atoms with E-state index in [1.54, 1.807) is 36.2 Å². The summed E-state index contributed by atoms with van der Waals surface area (Å²) in [6.07, 6.45) is 1.59. The molecule has 0 fully saturated rings. The standard InChI is InChI=1S/C23H26ClN3O3/c1-5-27-20(19(24)12-26-27)13-25-23(28)17-8-9-21(29-4)18(11-17)14-30-22-10-15(2)6-7-16(22)3/h6-12H,5,13-14H2,1-4H3,(H,25,28). The molecule has 7 heteroatoms. The van der Waals surface area contributed by atoms with Crippen molar-refractivity contribution in [2.45, 2.75) is 40.5 Å². The van der Waals surface area contributed by atoms with Gasteiger partial charge in [0.2, 0.25) is 0 Å². The zero-order valence-electron chi connectivity index (χ0n) is 17.7. The Labute approximate surface area is 181 Å². The highest BCUT2D eigenvalue weighted by molar-refractivity contribution is 6.31. The fourth-order valence-corrected chi connectivity index (χ4v) is 3.36. The number of aryl methyl sites for hydroxylation is 3. The van der Waals surface area contributed by atoms with Gasteiger partial charge in [0.05, 0.1) is 30.6 Å². The summed E-state index contributed by atoms with van der Waals surface area (Å²) in [6, 6.07) is 11.4. The van der Waals surface area contributed by atoms with Crippen LogP contribution in [0.15, 0.2) is 42.6 Å². The second-order valence-electron chi connectivity index (χ2n) is 7.02. The maximum atomic E-state index is 12.7. The van der Waals surface area contributed by atoms with Gasteiger partial charge >= 0.3 is 0 Å². The Morgan fingerprint density at radius 2 is 1.97 bits per heavy atom. The number of benzene rings is 2. The lowest BCUT2D eigenvalue weighted by molar-refractivity contribution is 0.0949. The number of hydrogen-bond donors (Lipinski definition) is 1. The van der Waals surface area contributed by atoms with Crippen molar-refractivity contribution in [2.75, 3.05) is 7.11 Å². The van der Waals surface area contributed by atoms with Crippen LogP contribution in [0.3, 0.4) is 0 Å². The summed E-state index contributed by atoms with van der Waals surface area (Å²) in [5.41, 5.74) is 4.27. The predicted molar refractivity (Wildman–Crippen MR) is 117 cm³/mol. The summed E-state index contributed by atoms with van der Waals surface area (Å²) in [5.74, 6) is 1.28. The zero-order valence-corrected chi connectivity index (χ0v) is 18.4. The number of carbonyl (C=O) groups is 1. The molecule has 0 atom stereocenters. The zero-order chi connectivity index (χ0) is 21.7. The average molecular weight is 428 g/mol. The molecule has 0 unspecified atom stereocenters. The number of ether oxygens (including phenoxy) is 2. The van der Waals surface area contributed by atoms with E-state index in [4.69, 9.17) is 21.1 Å². The number of rotatable bonds is 8. The molecular formula is C23H26ClN3O3. The van der Waals surface area contributed by atoms with Crippen molar-refractivity contribution in [1.82, 2.24) is 15.1 Å². The van der Waals surface area contributed by atoms with Crippen molar-refractivity contribution < 1.29 is 14.3 Å². The van der Waals surface area contributed by atoms with Crippen LogP contribution >= 0.6 is 11.6 Å². The van der Waals surface area contributed by atoms with E-state index in [0.717, 1.165) is 28.1 Å². The maximum absolute atomic E-state index is 12.7. The van der Waals surface area contributed by atoms with Crippen LogP contribution in [0.2, 0.25) is 5.02 Å². The third kappa shape index (κ3) is 4.94. The minimum absolute atomic E-state index is 0.203. The quantitative estimate of drug-likeness (QED) is 0.566. The van der Waals surface area contributed by atoms with E-state index in [0.29, 0.717) is 36.0 Å². The molecule has 2 aromatic carbocycles. The highest BCUT2D eigenvalue weighted by Crippen LogP contribution is 2.25. The van der Waals surface area contributed by atoms with E-state index >= 15 is 0 Å². The minimum Gasteiger partial charge on any atom is -0.496 e. The van der Waals surface area contributed by atoms with E-state index in [-0.39, 0.29) is 5.91 Å². The van der Waals surface area contributed by atoms with Crippen LogP contribution in [-0.4, -0.2) is 22.8 Å². The van der Waals surface area contributed by atoms with Crippen molar-refractivity contribution in [3.8, 4) is 11.5 Å². The van der Waals surface area contributed by atoms with Gasteiger partial charge < -0.3 is 14.8 Å². The second-order valence-corrected chi connectivity index (χ2v) is 7.43. The summed E-state index contributed by atoms with van der Waals surface area (Å²) in [7, 11) is 1.60. The van der Waals surface area contributed by atoms with Gasteiger partial charge in [-0.05, 0) is 56.2 Å². The molecule has 0 spiro atoms. The number of carbonyl (C=O) groups excluding carboxylic acids is 1. The molecule has 0 saturated heterocycles. The number of nitrogens with one attached hydrogen (secondary N) is 1. The van der Waals surface area contributed by atoms with Crippen molar-refractivity contribution in [3.05, 3.63) is 75.6 Å². The maximum Gasteiger partial charge on any atom is 0.251 e. The molecule has 30 heavy (non-hydrogen) atoms. The molecule has 3 rings (SSSR count). The topological polar surface area (TPSA) is 65.4 Å². The number of hydrogen-bond acceptors (Lipinski definition) is 4. The first-order valence-corrected chi connectivity index (χ1v) is 10.2. The van der Waals surface area contributed by atoms with Crippen molar-refractivity contribution >= 4 is 17.5 Å². The molecule has 0 aliphatic carbocycles. The normalized spacial score (nSPS) is 10.7. The Hall–Kier alpha value is -2.99. The highest BCUT2D eigenvalue weighted by Gasteiger charge is 2.14. The molecule has 0 saturated carbocycles. The van der Waals surface area contributed by atoms with Crippen LogP contribution < -0.4 is 14.8 Å². The Balaban J connectivity index is 1.73. The van der Waals surface area contributed by atoms with Crippen LogP contribution in [-0.2, 0) is 19.7 Å². The van der Waals surface area contributed by atoms with E-state index in [2.05, 4.69) is 10.4 Å². The van der Waals surface area contributed by atoms with Gasteiger partial charge in [-0.25, -0.2) is 0 Å². The molecule has 1 heterocycles. The first-order valence-electron chi connectivity index (χ1n) is 9.78. The van der Waals surface area contributed by atoms with Crippen molar-refractivity contribution in [1.29, 1.82) is 0 Å². The van der Waals surface area contributed by atoms with Gasteiger partial charge in [0.1, 0.15) is 18.1 Å². The Bertz CT molecular complexity index is 1050. The number of aromatic nitrogens is 2. The molecule has 0 radical (unpaired) electrons. The summed E-state index contributed by atoms with van der Waals surface area (Å²) in [4.78, 5) is 12.7. The van der Waals surface area contributed by atoms with Gasteiger partial charge in [-0.1, -0.05) is 23.7 Å². The van der Waals surface area contributed by atoms with Crippen LogP contribution in [0, 0.1) is 13.8 Å². The van der Waals surface area contributed by atoms with Crippen LogP contribution in [0.5, 0.6) is 11.5 Å². The lowest BCUT2D eigenvalue weighted by Gasteiger charge is -2.14. The summed E-state index contributed by atoms with van der Waals surface area (Å²) in [5, 5.41) is 7.63. The van der Waals surface area contributed by atoms with E-state index in [1.165, 1.54) is 0 Å². The lowest BCUT2D eigenvalue weighted by Crippen LogP contribution is -2.24. The molecule has 158 valence electrons. The fourth-order valence-electron chi connectivity index (χ4n) is 3.15. The molecule has 1 amide bonds. The van der Waals surface area contributed by atoms with Crippen molar-refractivity contribution in [2.24, 2.45) is 0 Å². The van der Waals surface area contributed by atoms with Crippen LogP contribution in [0.25, 0.3) is 0 Å². The Morgan fingerprint density at radius 1 is 1.17 bits per heavy atom. The predicted octanol–water partition coefficient (Wildman–Crippen LogP) is 4.69. The Kier molecular flexibility index (Phi) is 7.00. The SMILES string of the molecule is CCn1ncc(Cl)c1CNC(=O)c1ccc(OC)c(COc2cc(C)ccc2C)c1. The molecule has 0 bridgehead atoms.